The first-order valence-electron chi connectivity index (χ1n) is 10.7. The van der Waals surface area contributed by atoms with Crippen molar-refractivity contribution in [2.45, 2.75) is 24.7 Å². The molecule has 4 N–H and O–H groups in total. The van der Waals surface area contributed by atoms with Gasteiger partial charge in [0, 0.05) is 47.6 Å². The number of carbonyl (C=O) groups is 1. The molecular formula is C25H21FN6O3S. The van der Waals surface area contributed by atoms with E-state index in [0.29, 0.717) is 39.0 Å². The van der Waals surface area contributed by atoms with E-state index in [1.165, 1.54) is 30.5 Å². The molecule has 0 spiro atoms. The normalized spacial score (nSPS) is 11.4. The second-order valence-corrected chi connectivity index (χ2v) is 10.3. The number of aryl methyl sites for hydroxylation is 1. The van der Waals surface area contributed by atoms with Crippen LogP contribution in [0.3, 0.4) is 0 Å². The molecule has 4 rings (SSSR count). The second kappa shape index (κ2) is 9.31. The molecule has 0 fully saturated rings. The Morgan fingerprint density at radius 2 is 1.89 bits per heavy atom. The fourth-order valence-corrected chi connectivity index (χ4v) is 5.05. The van der Waals surface area contributed by atoms with Gasteiger partial charge in [-0.25, -0.2) is 17.8 Å². The first-order valence-corrected chi connectivity index (χ1v) is 12.6. The molecule has 0 bridgehead atoms. The predicted molar refractivity (Wildman–Crippen MR) is 131 cm³/mol. The van der Waals surface area contributed by atoms with Gasteiger partial charge in [-0.05, 0) is 53.9 Å². The third-order valence-corrected chi connectivity index (χ3v) is 6.89. The van der Waals surface area contributed by atoms with Gasteiger partial charge in [-0.3, -0.25) is 14.8 Å². The van der Waals surface area contributed by atoms with E-state index in [1.807, 2.05) is 0 Å². The summed E-state index contributed by atoms with van der Waals surface area (Å²) in [5, 5.41) is 9.94. The predicted octanol–water partition coefficient (Wildman–Crippen LogP) is 2.61. The molecule has 3 aromatic heterocycles. The number of sulfone groups is 1. The second-order valence-electron chi connectivity index (χ2n) is 8.36. The van der Waals surface area contributed by atoms with E-state index < -0.39 is 21.6 Å². The number of fused-ring (bicyclic) bond motifs is 1. The number of nitrogens with zero attached hydrogens (tertiary/aromatic N) is 4. The maximum Gasteiger partial charge on any atom is 0.249 e. The van der Waals surface area contributed by atoms with Crippen LogP contribution in [0.15, 0.2) is 47.6 Å². The number of anilines is 1. The SMILES string of the molecule is Cc1nc(N)cc(C#N)c1Cc1c(C(N)=O)ccnc1Cc1cc(S(C)(=O)=O)c2ncc(F)cc2c1. The van der Waals surface area contributed by atoms with Crippen LogP contribution in [0.4, 0.5) is 10.2 Å². The van der Waals surface area contributed by atoms with Crippen molar-refractivity contribution in [2.24, 2.45) is 5.73 Å². The van der Waals surface area contributed by atoms with Gasteiger partial charge in [-0.2, -0.15) is 5.26 Å². The molecule has 0 aliphatic rings. The molecule has 36 heavy (non-hydrogen) atoms. The summed E-state index contributed by atoms with van der Waals surface area (Å²) < 4.78 is 38.8. The highest BCUT2D eigenvalue weighted by Gasteiger charge is 2.20. The van der Waals surface area contributed by atoms with Crippen molar-refractivity contribution in [1.29, 1.82) is 5.26 Å². The number of amides is 1. The topological polar surface area (TPSA) is 166 Å². The molecular weight excluding hydrogens is 483 g/mol. The quantitative estimate of drug-likeness (QED) is 0.404. The van der Waals surface area contributed by atoms with Crippen LogP contribution in [0.2, 0.25) is 0 Å². The lowest BCUT2D eigenvalue weighted by Crippen LogP contribution is -2.17. The minimum absolute atomic E-state index is 0.0482. The number of primary amides is 1. The number of pyridine rings is 3. The molecule has 3 heterocycles. The van der Waals surface area contributed by atoms with E-state index in [9.17, 15) is 22.9 Å². The summed E-state index contributed by atoms with van der Waals surface area (Å²) in [6, 6.07) is 9.32. The smallest absolute Gasteiger partial charge is 0.249 e. The average molecular weight is 505 g/mol. The van der Waals surface area contributed by atoms with Crippen LogP contribution in [0.5, 0.6) is 0 Å². The van der Waals surface area contributed by atoms with E-state index in [0.717, 1.165) is 12.5 Å². The molecule has 0 aliphatic heterocycles. The highest BCUT2D eigenvalue weighted by molar-refractivity contribution is 7.91. The zero-order valence-electron chi connectivity index (χ0n) is 19.4. The number of nitriles is 1. The molecule has 9 nitrogen and oxygen atoms in total. The Kier molecular flexibility index (Phi) is 6.39. The summed E-state index contributed by atoms with van der Waals surface area (Å²) in [6.07, 6.45) is 3.66. The Hall–Kier alpha value is -4.43. The Balaban J connectivity index is 1.89. The molecule has 0 unspecified atom stereocenters. The third kappa shape index (κ3) is 4.85. The Morgan fingerprint density at radius 1 is 1.14 bits per heavy atom. The van der Waals surface area contributed by atoms with Crippen LogP contribution in [-0.4, -0.2) is 35.5 Å². The van der Waals surface area contributed by atoms with Gasteiger partial charge in [0.15, 0.2) is 9.84 Å². The zero-order valence-corrected chi connectivity index (χ0v) is 20.2. The summed E-state index contributed by atoms with van der Waals surface area (Å²) in [5.41, 5.74) is 14.6. The maximum atomic E-state index is 13.9. The number of halogens is 1. The Morgan fingerprint density at radius 3 is 2.56 bits per heavy atom. The van der Waals surface area contributed by atoms with E-state index in [4.69, 9.17) is 11.5 Å². The van der Waals surface area contributed by atoms with Gasteiger partial charge in [-0.15, -0.1) is 0 Å². The number of hydrogen-bond acceptors (Lipinski definition) is 8. The largest absolute Gasteiger partial charge is 0.384 e. The van der Waals surface area contributed by atoms with E-state index in [1.54, 1.807) is 13.0 Å². The van der Waals surface area contributed by atoms with E-state index >= 15 is 0 Å². The highest BCUT2D eigenvalue weighted by atomic mass is 32.2. The summed E-state index contributed by atoms with van der Waals surface area (Å²) in [4.78, 5) is 24.8. The molecule has 4 aromatic rings. The van der Waals surface area contributed by atoms with E-state index in [2.05, 4.69) is 21.0 Å². The van der Waals surface area contributed by atoms with Crippen LogP contribution in [-0.2, 0) is 22.7 Å². The lowest BCUT2D eigenvalue weighted by Gasteiger charge is -2.16. The summed E-state index contributed by atoms with van der Waals surface area (Å²) >= 11 is 0. The van der Waals surface area contributed by atoms with Crippen LogP contribution in [0.1, 0.15) is 44.0 Å². The number of benzene rings is 1. The number of carbonyl (C=O) groups excluding carboxylic acids is 1. The van der Waals surface area contributed by atoms with Crippen LogP contribution in [0.25, 0.3) is 10.9 Å². The lowest BCUT2D eigenvalue weighted by atomic mass is 9.92. The molecule has 182 valence electrons. The molecule has 0 aliphatic carbocycles. The number of hydrogen-bond donors (Lipinski definition) is 2. The van der Waals surface area contributed by atoms with Crippen molar-refractivity contribution in [1.82, 2.24) is 15.0 Å². The molecule has 0 atom stereocenters. The molecule has 0 saturated heterocycles. The standard InChI is InChI=1S/C25H21FN6O3S/c1-13-19(16(11-27)9-23(28)32-13)10-20-18(25(29)33)3-4-30-21(20)6-14-5-15-8-17(26)12-31-24(15)22(7-14)36(2,34)35/h3-5,7-9,12H,6,10H2,1-2H3,(H2,28,32)(H2,29,33). The van der Waals surface area contributed by atoms with Crippen molar-refractivity contribution in [3.8, 4) is 6.07 Å². The molecule has 0 saturated carbocycles. The van der Waals surface area contributed by atoms with Crippen molar-refractivity contribution in [2.75, 3.05) is 12.0 Å². The maximum absolute atomic E-state index is 13.9. The fourth-order valence-electron chi connectivity index (χ4n) is 4.17. The van der Waals surface area contributed by atoms with Crippen molar-refractivity contribution in [3.05, 3.63) is 87.7 Å². The third-order valence-electron chi connectivity index (χ3n) is 5.78. The Labute approximate surface area is 206 Å². The number of aromatic nitrogens is 3. The van der Waals surface area contributed by atoms with Crippen LogP contribution < -0.4 is 11.5 Å². The molecule has 0 radical (unpaired) electrons. The van der Waals surface area contributed by atoms with Crippen molar-refractivity contribution >= 4 is 32.5 Å². The first-order chi connectivity index (χ1) is 17.0. The molecule has 1 aromatic carbocycles. The number of nitrogen functional groups attached to an aromatic ring is 1. The monoisotopic (exact) mass is 504 g/mol. The highest BCUT2D eigenvalue weighted by Crippen LogP contribution is 2.28. The van der Waals surface area contributed by atoms with Gasteiger partial charge in [0.2, 0.25) is 5.91 Å². The van der Waals surface area contributed by atoms with E-state index in [-0.39, 0.29) is 34.6 Å². The minimum Gasteiger partial charge on any atom is -0.384 e. The molecule has 11 heteroatoms. The fraction of sp³-hybridized carbons (Fsp3) is 0.160. The van der Waals surface area contributed by atoms with Crippen LogP contribution in [0, 0.1) is 24.1 Å². The summed E-state index contributed by atoms with van der Waals surface area (Å²) in [6.45, 7) is 1.70. The van der Waals surface area contributed by atoms with Crippen molar-refractivity contribution in [3.63, 3.8) is 0 Å². The average Bonchev–Trinajstić information content (AvgIpc) is 2.79. The van der Waals surface area contributed by atoms with Crippen LogP contribution >= 0.6 is 0 Å². The van der Waals surface area contributed by atoms with Gasteiger partial charge < -0.3 is 11.5 Å². The molecule has 1 amide bonds. The Bertz CT molecular complexity index is 1700. The van der Waals surface area contributed by atoms with Crippen molar-refractivity contribution < 1.29 is 17.6 Å². The first kappa shape index (κ1) is 24.7. The van der Waals surface area contributed by atoms with Gasteiger partial charge in [0.1, 0.15) is 11.6 Å². The van der Waals surface area contributed by atoms with Gasteiger partial charge in [0.25, 0.3) is 0 Å². The summed E-state index contributed by atoms with van der Waals surface area (Å²) in [7, 11) is -3.69. The zero-order chi connectivity index (χ0) is 26.2. The van der Waals surface area contributed by atoms with Gasteiger partial charge >= 0.3 is 0 Å². The van der Waals surface area contributed by atoms with Gasteiger partial charge in [-0.1, -0.05) is 0 Å². The minimum atomic E-state index is -3.69. The van der Waals surface area contributed by atoms with Gasteiger partial charge in [0.05, 0.1) is 28.2 Å². The number of nitrogens with two attached hydrogens (primary N) is 2. The lowest BCUT2D eigenvalue weighted by molar-refractivity contribution is 0.0999. The number of rotatable bonds is 6. The summed E-state index contributed by atoms with van der Waals surface area (Å²) in [5.74, 6) is -1.10.